The topological polar surface area (TPSA) is 62.1 Å². The zero-order valence-corrected chi connectivity index (χ0v) is 13.3. The molecular formula is C16H20F2N2O3. The number of hydrazone groups is 1. The van der Waals surface area contributed by atoms with Crippen LogP contribution < -0.4 is 4.74 Å². The van der Waals surface area contributed by atoms with Crippen LogP contribution in [0.5, 0.6) is 5.75 Å². The first-order valence-corrected chi connectivity index (χ1v) is 7.42. The highest BCUT2D eigenvalue weighted by molar-refractivity contribution is 5.90. The maximum atomic E-state index is 13.1. The molecule has 1 amide bonds. The molecule has 0 unspecified atom stereocenters. The Kier molecular flexibility index (Phi) is 4.99. The number of hydrogen-bond acceptors (Lipinski definition) is 4. The van der Waals surface area contributed by atoms with Crippen molar-refractivity contribution < 1.29 is 23.4 Å². The molecule has 1 N–H and O–H groups in total. The van der Waals surface area contributed by atoms with Crippen molar-refractivity contribution in [3.05, 3.63) is 29.8 Å². The third kappa shape index (κ3) is 3.50. The van der Waals surface area contributed by atoms with Crippen LogP contribution in [0.2, 0.25) is 0 Å². The highest BCUT2D eigenvalue weighted by Crippen LogP contribution is 2.32. The summed E-state index contributed by atoms with van der Waals surface area (Å²) in [6.45, 7) is 4.93. The summed E-state index contributed by atoms with van der Waals surface area (Å²) < 4.78 is 31.7. The van der Waals surface area contributed by atoms with Crippen LogP contribution in [-0.4, -0.2) is 40.0 Å². The van der Waals surface area contributed by atoms with Gasteiger partial charge < -0.3 is 9.84 Å². The fourth-order valence-corrected chi connectivity index (χ4v) is 2.38. The molecule has 0 spiro atoms. The lowest BCUT2D eigenvalue weighted by atomic mass is 10.1. The van der Waals surface area contributed by atoms with Crippen LogP contribution in [0.4, 0.5) is 8.78 Å². The molecule has 0 bridgehead atoms. The van der Waals surface area contributed by atoms with Gasteiger partial charge in [0.15, 0.2) is 6.10 Å². The van der Waals surface area contributed by atoms with Gasteiger partial charge in [-0.2, -0.15) is 10.1 Å². The zero-order chi connectivity index (χ0) is 17.2. The molecule has 2 rings (SSSR count). The maximum Gasteiger partial charge on any atom is 0.287 e. The van der Waals surface area contributed by atoms with E-state index in [0.717, 1.165) is 12.0 Å². The van der Waals surface area contributed by atoms with Crippen molar-refractivity contribution >= 4 is 11.6 Å². The van der Waals surface area contributed by atoms with E-state index >= 15 is 0 Å². The third-order valence-electron chi connectivity index (χ3n) is 3.70. The largest absolute Gasteiger partial charge is 0.481 e. The smallest absolute Gasteiger partial charge is 0.287 e. The number of alkyl halides is 2. The highest BCUT2D eigenvalue weighted by Gasteiger charge is 2.51. The van der Waals surface area contributed by atoms with Gasteiger partial charge in [0.1, 0.15) is 5.75 Å². The van der Waals surface area contributed by atoms with E-state index in [-0.39, 0.29) is 12.1 Å². The molecule has 1 aliphatic rings. The Morgan fingerprint density at radius 1 is 1.43 bits per heavy atom. The molecule has 0 saturated heterocycles. The third-order valence-corrected chi connectivity index (χ3v) is 3.70. The lowest BCUT2D eigenvalue weighted by Crippen LogP contribution is -2.54. The number of amides is 1. The van der Waals surface area contributed by atoms with Crippen molar-refractivity contribution in [3.63, 3.8) is 0 Å². The average molecular weight is 326 g/mol. The van der Waals surface area contributed by atoms with E-state index in [9.17, 15) is 18.7 Å². The Bertz CT molecular complexity index is 604. The first-order valence-electron chi connectivity index (χ1n) is 7.42. The summed E-state index contributed by atoms with van der Waals surface area (Å²) in [5.74, 6) is -0.368. The number of rotatable bonds is 5. The second-order valence-electron chi connectivity index (χ2n) is 5.60. The van der Waals surface area contributed by atoms with E-state index in [2.05, 4.69) is 5.10 Å². The summed E-state index contributed by atoms with van der Waals surface area (Å²) in [5, 5.41) is 14.2. The van der Waals surface area contributed by atoms with Gasteiger partial charge in [-0.3, -0.25) is 4.79 Å². The highest BCUT2D eigenvalue weighted by atomic mass is 19.3. The Labute approximate surface area is 133 Å². The summed E-state index contributed by atoms with van der Waals surface area (Å²) >= 11 is 0. The van der Waals surface area contributed by atoms with Crippen LogP contribution in [0.25, 0.3) is 0 Å². The molecular weight excluding hydrogens is 306 g/mol. The molecule has 1 heterocycles. The van der Waals surface area contributed by atoms with Gasteiger partial charge in [0.05, 0.1) is 0 Å². The molecule has 0 aromatic heterocycles. The van der Waals surface area contributed by atoms with Crippen molar-refractivity contribution in [2.24, 2.45) is 5.10 Å². The van der Waals surface area contributed by atoms with Crippen LogP contribution in [0.15, 0.2) is 29.4 Å². The average Bonchev–Trinajstić information content (AvgIpc) is 2.83. The minimum atomic E-state index is -3.12. The predicted octanol–water partition coefficient (Wildman–Crippen LogP) is 2.58. The summed E-state index contributed by atoms with van der Waals surface area (Å²) in [6, 6.07) is 7.14. The van der Waals surface area contributed by atoms with Gasteiger partial charge in [0, 0.05) is 12.1 Å². The number of ether oxygens (including phenoxy) is 1. The number of halogens is 2. The number of benzene rings is 1. The van der Waals surface area contributed by atoms with Crippen molar-refractivity contribution in [1.82, 2.24) is 5.01 Å². The van der Waals surface area contributed by atoms with Crippen molar-refractivity contribution in [3.8, 4) is 5.75 Å². The van der Waals surface area contributed by atoms with Gasteiger partial charge in [0.25, 0.3) is 12.3 Å². The number of carbonyl (C=O) groups is 1. The molecule has 1 aromatic rings. The standard InChI is InChI=1S/C16H20F2N2O3/c1-4-12-5-7-13(8-6-12)23-11(3)14(21)20-16(22,15(17)18)9-10(2)19-20/h5-8,11,15,22H,4,9H2,1-3H3/t11-,16+/m1/s1. The molecule has 0 radical (unpaired) electrons. The molecule has 2 atom stereocenters. The fourth-order valence-electron chi connectivity index (χ4n) is 2.38. The van der Waals surface area contributed by atoms with Crippen molar-refractivity contribution in [1.29, 1.82) is 0 Å². The Morgan fingerprint density at radius 2 is 2.04 bits per heavy atom. The molecule has 1 aliphatic heterocycles. The Balaban J connectivity index is 2.11. The van der Waals surface area contributed by atoms with Crippen LogP contribution in [0.1, 0.15) is 32.8 Å². The molecule has 0 aliphatic carbocycles. The fraction of sp³-hybridized carbons (Fsp3) is 0.500. The lowest BCUT2D eigenvalue weighted by Gasteiger charge is -2.31. The molecule has 0 saturated carbocycles. The molecule has 7 heteroatoms. The minimum absolute atomic E-state index is 0.264. The predicted molar refractivity (Wildman–Crippen MR) is 81.4 cm³/mol. The number of nitrogens with zero attached hydrogens (tertiary/aromatic N) is 2. The van der Waals surface area contributed by atoms with Crippen LogP contribution in [-0.2, 0) is 11.2 Å². The quantitative estimate of drug-likeness (QED) is 0.904. The van der Waals surface area contributed by atoms with Crippen molar-refractivity contribution in [2.75, 3.05) is 0 Å². The van der Waals surface area contributed by atoms with Crippen LogP contribution in [0, 0.1) is 0 Å². The monoisotopic (exact) mass is 326 g/mol. The molecule has 0 fully saturated rings. The summed E-state index contributed by atoms with van der Waals surface area (Å²) in [4.78, 5) is 12.3. The second-order valence-corrected chi connectivity index (χ2v) is 5.60. The van der Waals surface area contributed by atoms with Gasteiger partial charge >= 0.3 is 0 Å². The van der Waals surface area contributed by atoms with E-state index < -0.39 is 24.2 Å². The van der Waals surface area contributed by atoms with E-state index in [1.807, 2.05) is 19.1 Å². The number of hydrogen-bond donors (Lipinski definition) is 1. The second kappa shape index (κ2) is 6.62. The van der Waals surface area contributed by atoms with Gasteiger partial charge in [-0.15, -0.1) is 0 Å². The number of aliphatic hydroxyl groups is 1. The van der Waals surface area contributed by atoms with E-state index in [0.29, 0.717) is 10.8 Å². The van der Waals surface area contributed by atoms with Gasteiger partial charge in [-0.1, -0.05) is 19.1 Å². The lowest BCUT2D eigenvalue weighted by molar-refractivity contribution is -0.196. The van der Waals surface area contributed by atoms with Gasteiger partial charge in [0.2, 0.25) is 5.72 Å². The normalized spacial score (nSPS) is 22.2. The summed E-state index contributed by atoms with van der Waals surface area (Å²) in [6.07, 6.45) is -3.68. The molecule has 1 aromatic carbocycles. The first-order chi connectivity index (χ1) is 10.8. The van der Waals surface area contributed by atoms with Crippen LogP contribution >= 0.6 is 0 Å². The molecule has 23 heavy (non-hydrogen) atoms. The van der Waals surface area contributed by atoms with E-state index in [4.69, 9.17) is 4.74 Å². The summed E-state index contributed by atoms with van der Waals surface area (Å²) in [5.41, 5.74) is -1.23. The zero-order valence-electron chi connectivity index (χ0n) is 13.3. The first kappa shape index (κ1) is 17.3. The maximum absolute atomic E-state index is 13.1. The minimum Gasteiger partial charge on any atom is -0.481 e. The van der Waals surface area contributed by atoms with E-state index in [1.54, 1.807) is 12.1 Å². The molecule has 5 nitrogen and oxygen atoms in total. The SMILES string of the molecule is CCc1ccc(O[C@H](C)C(=O)N2N=C(C)C[C@]2(O)C(F)F)cc1. The Morgan fingerprint density at radius 3 is 2.57 bits per heavy atom. The molecule has 126 valence electrons. The Hall–Kier alpha value is -2.02. The van der Waals surface area contributed by atoms with Gasteiger partial charge in [-0.25, -0.2) is 8.78 Å². The summed E-state index contributed by atoms with van der Waals surface area (Å²) in [7, 11) is 0. The van der Waals surface area contributed by atoms with Crippen LogP contribution in [0.3, 0.4) is 0 Å². The van der Waals surface area contributed by atoms with Gasteiger partial charge in [-0.05, 0) is 38.0 Å². The number of aryl methyl sites for hydroxylation is 1. The van der Waals surface area contributed by atoms with Crippen molar-refractivity contribution in [2.45, 2.75) is 51.9 Å². The number of carbonyl (C=O) groups excluding carboxylic acids is 1. The van der Waals surface area contributed by atoms with E-state index in [1.165, 1.54) is 13.8 Å².